The van der Waals surface area contributed by atoms with Gasteiger partial charge in [-0.1, -0.05) is 71.7 Å². The molecule has 0 spiro atoms. The van der Waals surface area contributed by atoms with Crippen molar-refractivity contribution in [2.75, 3.05) is 6.61 Å². The molecule has 124 valence electrons. The van der Waals surface area contributed by atoms with Crippen LogP contribution < -0.4 is 4.74 Å². The van der Waals surface area contributed by atoms with Gasteiger partial charge in [0.1, 0.15) is 5.75 Å². The van der Waals surface area contributed by atoms with Gasteiger partial charge in [-0.25, -0.2) is 0 Å². The van der Waals surface area contributed by atoms with Crippen molar-refractivity contribution in [1.29, 1.82) is 0 Å². The maximum atomic E-state index is 6.22. The fourth-order valence-electron chi connectivity index (χ4n) is 2.09. The lowest BCUT2D eigenvalue weighted by Crippen LogP contribution is -2.48. The number of rotatable bonds is 9. The van der Waals surface area contributed by atoms with E-state index >= 15 is 0 Å². The van der Waals surface area contributed by atoms with Crippen LogP contribution in [0.25, 0.3) is 6.08 Å². The summed E-state index contributed by atoms with van der Waals surface area (Å²) in [5, 5.41) is 0. The molecule has 0 N–H and O–H groups in total. The predicted octanol–water partition coefficient (Wildman–Crippen LogP) is 6.07. The average Bonchev–Trinajstić information content (AvgIpc) is 2.46. The predicted molar refractivity (Wildman–Crippen MR) is 95.1 cm³/mol. The van der Waals surface area contributed by atoms with Crippen molar-refractivity contribution < 1.29 is 9.47 Å². The van der Waals surface area contributed by atoms with Gasteiger partial charge in [0, 0.05) is 12.3 Å². The Morgan fingerprint density at radius 1 is 1.00 bits per heavy atom. The molecule has 0 aliphatic heterocycles. The summed E-state index contributed by atoms with van der Waals surface area (Å²) < 4.78 is 12.4. The summed E-state index contributed by atoms with van der Waals surface area (Å²) >= 11 is 0. The highest BCUT2D eigenvalue weighted by Crippen LogP contribution is 2.36. The van der Waals surface area contributed by atoms with Crippen LogP contribution in [-0.2, 0) is 4.74 Å². The van der Waals surface area contributed by atoms with Crippen LogP contribution in [0.5, 0.6) is 5.75 Å². The average molecular weight is 304 g/mol. The van der Waals surface area contributed by atoms with Crippen LogP contribution in [0, 0.1) is 5.41 Å². The highest BCUT2D eigenvalue weighted by atomic mass is 16.7. The zero-order valence-electron chi connectivity index (χ0n) is 14.9. The zero-order chi connectivity index (χ0) is 16.6. The lowest BCUT2D eigenvalue weighted by molar-refractivity contribution is -0.230. The van der Waals surface area contributed by atoms with Gasteiger partial charge in [0.2, 0.25) is 5.79 Å². The summed E-state index contributed by atoms with van der Waals surface area (Å²) in [6.45, 7) is 15.2. The Balaban J connectivity index is 2.71. The molecule has 1 rings (SSSR count). The summed E-state index contributed by atoms with van der Waals surface area (Å²) in [6, 6.07) is 7.96. The fraction of sp³-hybridized carbons (Fsp3) is 0.600. The SMILES string of the molecule is C=Cc1ccc(OC(C)(OCCCCCC)C(C)(C)C)cc1. The topological polar surface area (TPSA) is 18.5 Å². The van der Waals surface area contributed by atoms with Gasteiger partial charge in [-0.2, -0.15) is 0 Å². The maximum Gasteiger partial charge on any atom is 0.212 e. The van der Waals surface area contributed by atoms with Gasteiger partial charge in [0.05, 0.1) is 6.61 Å². The minimum absolute atomic E-state index is 0.116. The van der Waals surface area contributed by atoms with Gasteiger partial charge in [-0.15, -0.1) is 0 Å². The van der Waals surface area contributed by atoms with Crippen LogP contribution in [0.4, 0.5) is 0 Å². The third kappa shape index (κ3) is 5.49. The monoisotopic (exact) mass is 304 g/mol. The molecule has 0 amide bonds. The molecule has 0 bridgehead atoms. The van der Waals surface area contributed by atoms with Crippen molar-refractivity contribution in [1.82, 2.24) is 0 Å². The second kappa shape index (κ2) is 8.38. The first-order valence-corrected chi connectivity index (χ1v) is 8.38. The Bertz CT molecular complexity index is 442. The number of hydrogen-bond acceptors (Lipinski definition) is 2. The Labute approximate surface area is 136 Å². The molecule has 22 heavy (non-hydrogen) atoms. The third-order valence-electron chi connectivity index (χ3n) is 4.17. The molecule has 0 aliphatic rings. The Morgan fingerprint density at radius 3 is 2.14 bits per heavy atom. The minimum atomic E-state index is -0.644. The van der Waals surface area contributed by atoms with E-state index < -0.39 is 5.79 Å². The van der Waals surface area contributed by atoms with Gasteiger partial charge >= 0.3 is 0 Å². The minimum Gasteiger partial charge on any atom is -0.462 e. The smallest absolute Gasteiger partial charge is 0.212 e. The molecule has 2 heteroatoms. The molecule has 0 radical (unpaired) electrons. The van der Waals surface area contributed by atoms with Gasteiger partial charge < -0.3 is 9.47 Å². The summed E-state index contributed by atoms with van der Waals surface area (Å²) in [6.07, 6.45) is 6.63. The van der Waals surface area contributed by atoms with Gasteiger partial charge in [0.15, 0.2) is 0 Å². The van der Waals surface area contributed by atoms with Crippen molar-refractivity contribution in [3.8, 4) is 5.75 Å². The van der Waals surface area contributed by atoms with Crippen LogP contribution in [0.15, 0.2) is 30.8 Å². The zero-order valence-corrected chi connectivity index (χ0v) is 14.9. The molecule has 0 aromatic heterocycles. The van der Waals surface area contributed by atoms with Crippen molar-refractivity contribution in [3.05, 3.63) is 36.4 Å². The third-order valence-corrected chi connectivity index (χ3v) is 4.17. The van der Waals surface area contributed by atoms with E-state index in [2.05, 4.69) is 34.3 Å². The van der Waals surface area contributed by atoms with Gasteiger partial charge in [-0.3, -0.25) is 0 Å². The van der Waals surface area contributed by atoms with Crippen molar-refractivity contribution >= 4 is 6.08 Å². The molecule has 1 aromatic rings. The Kier molecular flexibility index (Phi) is 7.15. The Hall–Kier alpha value is -1.28. The van der Waals surface area contributed by atoms with E-state index in [1.807, 2.05) is 37.3 Å². The second-order valence-electron chi connectivity index (χ2n) is 6.98. The van der Waals surface area contributed by atoms with Crippen LogP contribution >= 0.6 is 0 Å². The summed E-state index contributed by atoms with van der Waals surface area (Å²) in [7, 11) is 0. The normalized spacial score (nSPS) is 14.4. The molecular weight excluding hydrogens is 272 g/mol. The van der Waals surface area contributed by atoms with E-state index in [1.54, 1.807) is 0 Å². The molecule has 0 heterocycles. The van der Waals surface area contributed by atoms with Crippen LogP contribution in [0.3, 0.4) is 0 Å². The first-order valence-electron chi connectivity index (χ1n) is 8.38. The van der Waals surface area contributed by atoms with E-state index in [0.717, 1.165) is 24.3 Å². The maximum absolute atomic E-state index is 6.22. The molecule has 0 saturated heterocycles. The van der Waals surface area contributed by atoms with Gasteiger partial charge in [0.25, 0.3) is 0 Å². The number of hydrogen-bond donors (Lipinski definition) is 0. The molecular formula is C20H32O2. The molecule has 1 atom stereocenters. The molecule has 0 saturated carbocycles. The van der Waals surface area contributed by atoms with Crippen molar-refractivity contribution in [2.24, 2.45) is 5.41 Å². The second-order valence-corrected chi connectivity index (χ2v) is 6.98. The molecule has 0 fully saturated rings. The summed E-state index contributed by atoms with van der Waals surface area (Å²) in [5.41, 5.74) is 0.972. The van der Waals surface area contributed by atoms with E-state index in [1.165, 1.54) is 19.3 Å². The quantitative estimate of drug-likeness (QED) is 0.407. The van der Waals surface area contributed by atoms with E-state index in [9.17, 15) is 0 Å². The first kappa shape index (κ1) is 18.8. The fourth-order valence-corrected chi connectivity index (χ4v) is 2.09. The number of unbranched alkanes of at least 4 members (excludes halogenated alkanes) is 3. The lowest BCUT2D eigenvalue weighted by atomic mass is 9.86. The number of ether oxygens (including phenoxy) is 2. The standard InChI is InChI=1S/C20H32O2/c1-7-9-10-11-16-21-20(6,19(3,4)5)22-18-14-12-17(8-2)13-15-18/h8,12-15H,2,7,9-11,16H2,1,3-6H3. The molecule has 1 unspecified atom stereocenters. The van der Waals surface area contributed by atoms with Gasteiger partial charge in [-0.05, 0) is 24.1 Å². The lowest BCUT2D eigenvalue weighted by Gasteiger charge is -2.41. The first-order chi connectivity index (χ1) is 10.3. The Morgan fingerprint density at radius 2 is 1.64 bits per heavy atom. The summed E-state index contributed by atoms with van der Waals surface area (Å²) in [4.78, 5) is 0. The van der Waals surface area contributed by atoms with Crippen LogP contribution in [-0.4, -0.2) is 12.4 Å². The summed E-state index contributed by atoms with van der Waals surface area (Å²) in [5.74, 6) is 0.186. The van der Waals surface area contributed by atoms with E-state index in [4.69, 9.17) is 9.47 Å². The molecule has 0 aliphatic carbocycles. The van der Waals surface area contributed by atoms with Crippen molar-refractivity contribution in [2.45, 2.75) is 66.1 Å². The molecule has 2 nitrogen and oxygen atoms in total. The largest absolute Gasteiger partial charge is 0.462 e. The highest BCUT2D eigenvalue weighted by Gasteiger charge is 2.41. The molecule has 1 aromatic carbocycles. The highest BCUT2D eigenvalue weighted by molar-refractivity contribution is 5.48. The van der Waals surface area contributed by atoms with Crippen molar-refractivity contribution in [3.63, 3.8) is 0 Å². The number of benzene rings is 1. The van der Waals surface area contributed by atoms with E-state index in [-0.39, 0.29) is 5.41 Å². The van der Waals surface area contributed by atoms with Crippen LogP contribution in [0.1, 0.15) is 65.9 Å². The van der Waals surface area contributed by atoms with E-state index in [0.29, 0.717) is 0 Å². The van der Waals surface area contributed by atoms with Crippen LogP contribution in [0.2, 0.25) is 0 Å².